The number of carbonyl (C=O) groups is 2. The smallest absolute Gasteiger partial charge is 0.323 e. The zero-order valence-corrected chi connectivity index (χ0v) is 17.7. The molecule has 1 aliphatic heterocycles. The van der Waals surface area contributed by atoms with Gasteiger partial charge in [0, 0.05) is 36.6 Å². The first kappa shape index (κ1) is 20.5. The minimum Gasteiger partial charge on any atom is -0.466 e. The molecule has 0 atom stereocenters. The minimum atomic E-state index is -0.287. The predicted octanol–water partition coefficient (Wildman–Crippen LogP) is 4.81. The van der Waals surface area contributed by atoms with Gasteiger partial charge in [0.15, 0.2) is 0 Å². The maximum atomic E-state index is 12.7. The van der Waals surface area contributed by atoms with Gasteiger partial charge >= 0.3 is 12.1 Å². The molecule has 2 heterocycles. The predicted molar refractivity (Wildman–Crippen MR) is 120 cm³/mol. The Hall–Kier alpha value is -3.74. The fourth-order valence-corrected chi connectivity index (χ4v) is 3.85. The number of benzene rings is 2. The van der Waals surface area contributed by atoms with Crippen molar-refractivity contribution in [2.75, 3.05) is 17.2 Å². The molecule has 0 radical (unpaired) electrons. The quantitative estimate of drug-likeness (QED) is 0.568. The summed E-state index contributed by atoms with van der Waals surface area (Å²) in [6, 6.07) is 16.7. The average Bonchev–Trinajstić information content (AvgIpc) is 3.09. The van der Waals surface area contributed by atoms with Gasteiger partial charge in [0.2, 0.25) is 0 Å². The highest BCUT2D eigenvalue weighted by molar-refractivity contribution is 6.00. The van der Waals surface area contributed by atoms with Crippen LogP contribution in [0, 0.1) is 13.8 Å². The van der Waals surface area contributed by atoms with E-state index in [4.69, 9.17) is 4.42 Å². The number of carbonyl (C=O) groups excluding carboxylic acids is 2. The highest BCUT2D eigenvalue weighted by Crippen LogP contribution is 2.26. The van der Waals surface area contributed by atoms with Crippen molar-refractivity contribution in [3.05, 3.63) is 82.8 Å². The second-order valence-electron chi connectivity index (χ2n) is 7.66. The van der Waals surface area contributed by atoms with Gasteiger partial charge in [-0.25, -0.2) is 9.59 Å². The minimum absolute atomic E-state index is 0.107. The Labute approximate surface area is 181 Å². The van der Waals surface area contributed by atoms with E-state index in [9.17, 15) is 9.59 Å². The molecule has 3 aromatic rings. The van der Waals surface area contributed by atoms with Crippen LogP contribution in [0.4, 0.5) is 21.0 Å². The zero-order chi connectivity index (χ0) is 21.8. The van der Waals surface area contributed by atoms with E-state index in [2.05, 4.69) is 16.0 Å². The molecule has 1 aromatic heterocycles. The lowest BCUT2D eigenvalue weighted by molar-refractivity contribution is 0.192. The Morgan fingerprint density at radius 3 is 2.58 bits per heavy atom. The molecule has 1 aliphatic rings. The lowest BCUT2D eigenvalue weighted by Crippen LogP contribution is -2.42. The standard InChI is InChI=1S/C24H26N4O3/c1-16-13-19(17(2)31-16)14-25-24(30)28-12-11-21-18(15-28)7-6-10-22(21)27-23(29)26-20-8-4-3-5-9-20/h3-10,13H,11-12,14-15H2,1-2H3,(H,25,30)(H2,26,27,29). The molecule has 4 amide bonds. The monoisotopic (exact) mass is 418 g/mol. The van der Waals surface area contributed by atoms with E-state index in [1.807, 2.05) is 68.4 Å². The number of hydrogen-bond acceptors (Lipinski definition) is 3. The van der Waals surface area contributed by atoms with Crippen LogP contribution in [0.25, 0.3) is 0 Å². The summed E-state index contributed by atoms with van der Waals surface area (Å²) in [4.78, 5) is 26.8. The van der Waals surface area contributed by atoms with E-state index in [-0.39, 0.29) is 12.1 Å². The number of furan rings is 1. The van der Waals surface area contributed by atoms with E-state index >= 15 is 0 Å². The number of amides is 4. The van der Waals surface area contributed by atoms with Crippen molar-refractivity contribution in [2.45, 2.75) is 33.4 Å². The summed E-state index contributed by atoms with van der Waals surface area (Å²) in [7, 11) is 0. The van der Waals surface area contributed by atoms with Gasteiger partial charge in [-0.05, 0) is 55.7 Å². The Bertz CT molecular complexity index is 1090. The van der Waals surface area contributed by atoms with Gasteiger partial charge < -0.3 is 25.3 Å². The molecule has 7 nitrogen and oxygen atoms in total. The third-order valence-electron chi connectivity index (χ3n) is 5.41. The highest BCUT2D eigenvalue weighted by atomic mass is 16.3. The summed E-state index contributed by atoms with van der Waals surface area (Å²) >= 11 is 0. The fourth-order valence-electron chi connectivity index (χ4n) is 3.85. The van der Waals surface area contributed by atoms with Gasteiger partial charge in [0.1, 0.15) is 11.5 Å². The van der Waals surface area contributed by atoms with E-state index in [0.717, 1.165) is 39.6 Å². The summed E-state index contributed by atoms with van der Waals surface area (Å²) < 4.78 is 5.52. The van der Waals surface area contributed by atoms with E-state index in [1.54, 1.807) is 4.90 Å². The van der Waals surface area contributed by atoms with Crippen molar-refractivity contribution in [3.8, 4) is 0 Å². The number of nitrogens with one attached hydrogen (secondary N) is 3. The molecule has 0 unspecified atom stereocenters. The second-order valence-corrected chi connectivity index (χ2v) is 7.66. The van der Waals surface area contributed by atoms with Crippen LogP contribution in [0.1, 0.15) is 28.2 Å². The van der Waals surface area contributed by atoms with Gasteiger partial charge in [-0.3, -0.25) is 0 Å². The van der Waals surface area contributed by atoms with Crippen molar-refractivity contribution in [1.82, 2.24) is 10.2 Å². The lowest BCUT2D eigenvalue weighted by Gasteiger charge is -2.30. The molecule has 160 valence electrons. The van der Waals surface area contributed by atoms with Crippen LogP contribution in [-0.4, -0.2) is 23.5 Å². The highest BCUT2D eigenvalue weighted by Gasteiger charge is 2.23. The number of nitrogens with zero attached hydrogens (tertiary/aromatic N) is 1. The van der Waals surface area contributed by atoms with Crippen molar-refractivity contribution >= 4 is 23.4 Å². The molecule has 4 rings (SSSR count). The molecule has 0 spiro atoms. The molecule has 0 saturated carbocycles. The fraction of sp³-hybridized carbons (Fsp3) is 0.250. The molecule has 3 N–H and O–H groups in total. The third kappa shape index (κ3) is 4.88. The molecule has 0 bridgehead atoms. The Morgan fingerprint density at radius 2 is 1.84 bits per heavy atom. The largest absolute Gasteiger partial charge is 0.466 e. The third-order valence-corrected chi connectivity index (χ3v) is 5.41. The first-order chi connectivity index (χ1) is 15.0. The molecule has 0 saturated heterocycles. The van der Waals surface area contributed by atoms with E-state index in [0.29, 0.717) is 26.1 Å². The molecule has 2 aromatic carbocycles. The maximum Gasteiger partial charge on any atom is 0.323 e. The second kappa shape index (κ2) is 8.95. The number of rotatable bonds is 4. The van der Waals surface area contributed by atoms with Crippen molar-refractivity contribution < 1.29 is 14.0 Å². The number of aryl methyl sites for hydroxylation is 2. The summed E-state index contributed by atoms with van der Waals surface area (Å²) in [6.07, 6.45) is 0.675. The first-order valence-electron chi connectivity index (χ1n) is 10.3. The summed E-state index contributed by atoms with van der Waals surface area (Å²) in [5.74, 6) is 1.66. The maximum absolute atomic E-state index is 12.7. The van der Waals surface area contributed by atoms with Crippen LogP contribution >= 0.6 is 0 Å². The van der Waals surface area contributed by atoms with Crippen molar-refractivity contribution in [1.29, 1.82) is 0 Å². The number of para-hydroxylation sites is 1. The number of urea groups is 2. The van der Waals surface area contributed by atoms with Crippen molar-refractivity contribution in [2.24, 2.45) is 0 Å². The van der Waals surface area contributed by atoms with Crippen LogP contribution in [0.3, 0.4) is 0 Å². The van der Waals surface area contributed by atoms with E-state index in [1.165, 1.54) is 0 Å². The molecule has 0 fully saturated rings. The van der Waals surface area contributed by atoms with Crippen LogP contribution in [0.2, 0.25) is 0 Å². The average molecular weight is 418 g/mol. The topological polar surface area (TPSA) is 86.6 Å². The summed E-state index contributed by atoms with van der Waals surface area (Å²) in [6.45, 7) is 5.31. The molecule has 7 heteroatoms. The molecular formula is C24H26N4O3. The molecule has 31 heavy (non-hydrogen) atoms. The Balaban J connectivity index is 1.37. The number of anilines is 2. The van der Waals surface area contributed by atoms with E-state index < -0.39 is 0 Å². The summed E-state index contributed by atoms with van der Waals surface area (Å²) in [5.41, 5.74) is 4.59. The van der Waals surface area contributed by atoms with Crippen LogP contribution < -0.4 is 16.0 Å². The van der Waals surface area contributed by atoms with Gasteiger partial charge in [-0.15, -0.1) is 0 Å². The lowest BCUT2D eigenvalue weighted by atomic mass is 9.98. The first-order valence-corrected chi connectivity index (χ1v) is 10.3. The Kier molecular flexibility index (Phi) is 5.93. The molecule has 0 aliphatic carbocycles. The SMILES string of the molecule is Cc1cc(CNC(=O)N2CCc3c(cccc3NC(=O)Nc3ccccc3)C2)c(C)o1. The van der Waals surface area contributed by atoms with Crippen LogP contribution in [0.15, 0.2) is 59.0 Å². The normalized spacial score (nSPS) is 12.8. The van der Waals surface area contributed by atoms with Gasteiger partial charge in [0.25, 0.3) is 0 Å². The van der Waals surface area contributed by atoms with Crippen LogP contribution in [0.5, 0.6) is 0 Å². The van der Waals surface area contributed by atoms with Gasteiger partial charge in [0.05, 0.1) is 0 Å². The Morgan fingerprint density at radius 1 is 1.03 bits per heavy atom. The molecular weight excluding hydrogens is 392 g/mol. The van der Waals surface area contributed by atoms with Gasteiger partial charge in [-0.2, -0.15) is 0 Å². The van der Waals surface area contributed by atoms with Crippen LogP contribution in [-0.2, 0) is 19.5 Å². The number of hydrogen-bond donors (Lipinski definition) is 3. The van der Waals surface area contributed by atoms with Crippen molar-refractivity contribution in [3.63, 3.8) is 0 Å². The zero-order valence-electron chi connectivity index (χ0n) is 17.7. The number of fused-ring (bicyclic) bond motifs is 1. The van der Waals surface area contributed by atoms with Gasteiger partial charge in [-0.1, -0.05) is 30.3 Å². The summed E-state index contributed by atoms with van der Waals surface area (Å²) in [5, 5.41) is 8.74.